The van der Waals surface area contributed by atoms with E-state index in [2.05, 4.69) is 37.0 Å². The molecule has 3 rings (SSSR count). The largest absolute Gasteiger partial charge is 0.497 e. The van der Waals surface area contributed by atoms with Crippen LogP contribution in [0.25, 0.3) is 6.08 Å². The molecule has 1 unspecified atom stereocenters. The number of carbonyl (C=O) groups excluding carboxylic acids is 1. The molecule has 0 aliphatic carbocycles. The Morgan fingerprint density at radius 2 is 1.70 bits per heavy atom. The fourth-order valence-electron chi connectivity index (χ4n) is 4.88. The van der Waals surface area contributed by atoms with Gasteiger partial charge in [0.2, 0.25) is 0 Å². The number of rotatable bonds is 9. The predicted molar refractivity (Wildman–Crippen MR) is 136 cm³/mol. The summed E-state index contributed by atoms with van der Waals surface area (Å²) in [4.78, 5) is 15.6. The number of nitrogens with zero attached hydrogens (tertiary/aromatic N) is 1. The molecule has 0 saturated carbocycles. The van der Waals surface area contributed by atoms with Crippen LogP contribution in [0.1, 0.15) is 50.7 Å². The van der Waals surface area contributed by atoms with E-state index in [4.69, 9.17) is 21.1 Å². The SMILES string of the molecule is COC(=O)C(CCCN1CCC(=Cc2ccc(Cl)cc2)CC1)(c1ccc(OC)cc1)C(C)C. The molecule has 0 N–H and O–H groups in total. The van der Waals surface area contributed by atoms with Crippen molar-refractivity contribution in [1.82, 2.24) is 4.90 Å². The Labute approximate surface area is 203 Å². The van der Waals surface area contributed by atoms with Gasteiger partial charge in [-0.15, -0.1) is 0 Å². The molecule has 1 aliphatic heterocycles. The van der Waals surface area contributed by atoms with Crippen LogP contribution in [0, 0.1) is 5.92 Å². The molecule has 1 fully saturated rings. The van der Waals surface area contributed by atoms with Gasteiger partial charge in [0, 0.05) is 18.1 Å². The van der Waals surface area contributed by atoms with Gasteiger partial charge < -0.3 is 14.4 Å². The molecule has 0 spiro atoms. The summed E-state index contributed by atoms with van der Waals surface area (Å²) in [6.45, 7) is 7.30. The van der Waals surface area contributed by atoms with Gasteiger partial charge >= 0.3 is 5.97 Å². The zero-order valence-corrected chi connectivity index (χ0v) is 21.0. The standard InChI is InChI=1S/C28H36ClNO3/c1-21(2)28(27(31)33-4,24-8-12-26(32-3)13-9-24)16-5-17-30-18-14-23(15-19-30)20-22-6-10-25(29)11-7-22/h6-13,20-21H,5,14-19H2,1-4H3. The fraction of sp³-hybridized carbons (Fsp3) is 0.464. The van der Waals surface area contributed by atoms with Gasteiger partial charge in [0.15, 0.2) is 0 Å². The normalized spacial score (nSPS) is 16.4. The summed E-state index contributed by atoms with van der Waals surface area (Å²) in [6, 6.07) is 15.9. The highest BCUT2D eigenvalue weighted by Gasteiger charge is 2.44. The second-order valence-corrected chi connectivity index (χ2v) is 9.58. The van der Waals surface area contributed by atoms with E-state index in [1.807, 2.05) is 36.4 Å². The predicted octanol–water partition coefficient (Wildman–Crippen LogP) is 6.38. The van der Waals surface area contributed by atoms with Gasteiger partial charge in [0.25, 0.3) is 0 Å². The van der Waals surface area contributed by atoms with E-state index >= 15 is 0 Å². The number of likely N-dealkylation sites (tertiary alicyclic amines) is 1. The van der Waals surface area contributed by atoms with Crippen molar-refractivity contribution < 1.29 is 14.3 Å². The summed E-state index contributed by atoms with van der Waals surface area (Å²) in [6.07, 6.45) is 6.14. The fourth-order valence-corrected chi connectivity index (χ4v) is 5.00. The highest BCUT2D eigenvalue weighted by Crippen LogP contribution is 2.39. The lowest BCUT2D eigenvalue weighted by atomic mass is 9.68. The summed E-state index contributed by atoms with van der Waals surface area (Å²) in [5, 5.41) is 0.769. The molecule has 2 aromatic carbocycles. The van der Waals surface area contributed by atoms with Gasteiger partial charge in [-0.05, 0) is 73.5 Å². The van der Waals surface area contributed by atoms with Crippen LogP contribution in [0.5, 0.6) is 5.75 Å². The van der Waals surface area contributed by atoms with E-state index in [0.717, 1.165) is 61.7 Å². The number of hydrogen-bond acceptors (Lipinski definition) is 4. The Morgan fingerprint density at radius 1 is 1.06 bits per heavy atom. The maximum Gasteiger partial charge on any atom is 0.316 e. The summed E-state index contributed by atoms with van der Waals surface area (Å²) < 4.78 is 10.6. The van der Waals surface area contributed by atoms with Crippen molar-refractivity contribution in [2.24, 2.45) is 5.92 Å². The van der Waals surface area contributed by atoms with Gasteiger partial charge in [-0.1, -0.05) is 61.4 Å². The molecule has 178 valence electrons. The topological polar surface area (TPSA) is 38.8 Å². The van der Waals surface area contributed by atoms with Crippen LogP contribution in [0.3, 0.4) is 0 Å². The molecule has 5 heteroatoms. The first-order chi connectivity index (χ1) is 15.9. The molecule has 33 heavy (non-hydrogen) atoms. The van der Waals surface area contributed by atoms with Crippen molar-refractivity contribution >= 4 is 23.6 Å². The lowest BCUT2D eigenvalue weighted by Crippen LogP contribution is -2.43. The Kier molecular flexibility index (Phi) is 8.99. The van der Waals surface area contributed by atoms with Crippen molar-refractivity contribution in [3.05, 3.63) is 70.3 Å². The smallest absolute Gasteiger partial charge is 0.316 e. The van der Waals surface area contributed by atoms with Gasteiger partial charge in [0.1, 0.15) is 5.75 Å². The third kappa shape index (κ3) is 6.18. The summed E-state index contributed by atoms with van der Waals surface area (Å²) in [5.74, 6) is 0.750. The first kappa shape index (κ1) is 25.3. The molecular weight excluding hydrogens is 434 g/mol. The van der Waals surface area contributed by atoms with Crippen LogP contribution >= 0.6 is 11.6 Å². The molecular formula is C28H36ClNO3. The number of benzene rings is 2. The van der Waals surface area contributed by atoms with E-state index in [9.17, 15) is 4.79 Å². The lowest BCUT2D eigenvalue weighted by molar-refractivity contribution is -0.150. The molecule has 4 nitrogen and oxygen atoms in total. The number of halogens is 1. The Balaban J connectivity index is 1.62. The third-order valence-corrected chi connectivity index (χ3v) is 7.18. The van der Waals surface area contributed by atoms with Crippen LogP contribution < -0.4 is 4.74 Å². The average molecular weight is 470 g/mol. The minimum Gasteiger partial charge on any atom is -0.497 e. The van der Waals surface area contributed by atoms with Crippen molar-refractivity contribution in [2.45, 2.75) is 44.9 Å². The Hall–Kier alpha value is -2.30. The summed E-state index contributed by atoms with van der Waals surface area (Å²) in [7, 11) is 3.14. The summed E-state index contributed by atoms with van der Waals surface area (Å²) >= 11 is 5.99. The quantitative estimate of drug-likeness (QED) is 0.399. The number of methoxy groups -OCH3 is 2. The van der Waals surface area contributed by atoms with Gasteiger partial charge in [-0.25, -0.2) is 0 Å². The van der Waals surface area contributed by atoms with Crippen molar-refractivity contribution in [3.63, 3.8) is 0 Å². The number of ether oxygens (including phenoxy) is 2. The summed E-state index contributed by atoms with van der Waals surface area (Å²) in [5.41, 5.74) is 3.04. The van der Waals surface area contributed by atoms with E-state index in [1.165, 1.54) is 18.2 Å². The minimum absolute atomic E-state index is 0.119. The highest BCUT2D eigenvalue weighted by molar-refractivity contribution is 6.30. The highest BCUT2D eigenvalue weighted by atomic mass is 35.5. The number of esters is 1. The number of carbonyl (C=O) groups is 1. The van der Waals surface area contributed by atoms with Crippen LogP contribution in [0.15, 0.2) is 54.1 Å². The lowest BCUT2D eigenvalue weighted by Gasteiger charge is -2.36. The first-order valence-corrected chi connectivity index (χ1v) is 12.2. The molecule has 0 bridgehead atoms. The molecule has 0 radical (unpaired) electrons. The maximum absolute atomic E-state index is 13.1. The van der Waals surface area contributed by atoms with E-state index in [1.54, 1.807) is 7.11 Å². The third-order valence-electron chi connectivity index (χ3n) is 6.92. The van der Waals surface area contributed by atoms with Crippen molar-refractivity contribution in [1.29, 1.82) is 0 Å². The van der Waals surface area contributed by atoms with E-state index in [0.29, 0.717) is 0 Å². The second kappa shape index (κ2) is 11.7. The van der Waals surface area contributed by atoms with Gasteiger partial charge in [0.05, 0.1) is 19.6 Å². The molecule has 1 saturated heterocycles. The van der Waals surface area contributed by atoms with Crippen molar-refractivity contribution in [2.75, 3.05) is 33.9 Å². The zero-order valence-electron chi connectivity index (χ0n) is 20.3. The van der Waals surface area contributed by atoms with E-state index < -0.39 is 5.41 Å². The molecule has 1 atom stereocenters. The number of piperidine rings is 1. The van der Waals surface area contributed by atoms with Gasteiger partial charge in [-0.3, -0.25) is 4.79 Å². The molecule has 2 aromatic rings. The minimum atomic E-state index is -0.656. The monoisotopic (exact) mass is 469 g/mol. The Bertz CT molecular complexity index is 927. The molecule has 1 heterocycles. The maximum atomic E-state index is 13.1. The molecule has 0 amide bonds. The van der Waals surface area contributed by atoms with Crippen LogP contribution in [0.2, 0.25) is 5.02 Å². The second-order valence-electron chi connectivity index (χ2n) is 9.15. The number of hydrogen-bond donors (Lipinski definition) is 0. The molecule has 1 aliphatic rings. The average Bonchev–Trinajstić information content (AvgIpc) is 2.84. The van der Waals surface area contributed by atoms with Crippen LogP contribution in [0.4, 0.5) is 0 Å². The van der Waals surface area contributed by atoms with Crippen LogP contribution in [-0.4, -0.2) is 44.7 Å². The van der Waals surface area contributed by atoms with Gasteiger partial charge in [-0.2, -0.15) is 0 Å². The van der Waals surface area contributed by atoms with Crippen molar-refractivity contribution in [3.8, 4) is 5.75 Å². The zero-order chi connectivity index (χ0) is 23.8. The Morgan fingerprint density at radius 3 is 2.24 bits per heavy atom. The van der Waals surface area contributed by atoms with E-state index in [-0.39, 0.29) is 11.9 Å². The molecule has 0 aromatic heterocycles. The van der Waals surface area contributed by atoms with Crippen LogP contribution in [-0.2, 0) is 14.9 Å². The first-order valence-electron chi connectivity index (χ1n) is 11.8.